The van der Waals surface area contributed by atoms with Gasteiger partial charge in [0.2, 0.25) is 0 Å². The van der Waals surface area contributed by atoms with Crippen molar-refractivity contribution in [2.45, 2.75) is 31.8 Å². The summed E-state index contributed by atoms with van der Waals surface area (Å²) in [5, 5.41) is 10.8. The van der Waals surface area contributed by atoms with Crippen LogP contribution in [-0.2, 0) is 19.3 Å². The summed E-state index contributed by atoms with van der Waals surface area (Å²) in [6.07, 6.45) is 2.29. The van der Waals surface area contributed by atoms with Crippen molar-refractivity contribution in [3.8, 4) is 0 Å². The number of benzene rings is 2. The van der Waals surface area contributed by atoms with Gasteiger partial charge in [-0.05, 0) is 23.6 Å². The van der Waals surface area contributed by atoms with Crippen LogP contribution < -0.4 is 0 Å². The maximum absolute atomic E-state index is 10.8. The van der Waals surface area contributed by atoms with Crippen molar-refractivity contribution in [2.24, 2.45) is 0 Å². The number of rotatable bonds is 2. The minimum absolute atomic E-state index is 0.600. The fourth-order valence-corrected chi connectivity index (χ4v) is 3.00. The third-order valence-electron chi connectivity index (χ3n) is 3.77. The smallest absolute Gasteiger partial charge is 0.0768 e. The van der Waals surface area contributed by atoms with E-state index < -0.39 is 5.60 Å². The molecule has 0 atom stereocenters. The molecule has 92 valence electrons. The second-order valence-corrected chi connectivity index (χ2v) is 5.51. The van der Waals surface area contributed by atoms with Crippen molar-refractivity contribution in [1.29, 1.82) is 0 Å². The minimum atomic E-state index is -0.600. The minimum Gasteiger partial charge on any atom is -0.389 e. The van der Waals surface area contributed by atoms with Crippen LogP contribution in [0.4, 0.5) is 0 Å². The zero-order valence-electron chi connectivity index (χ0n) is 10.7. The average molecular weight is 238 g/mol. The van der Waals surface area contributed by atoms with Gasteiger partial charge in [-0.2, -0.15) is 0 Å². The van der Waals surface area contributed by atoms with Crippen molar-refractivity contribution >= 4 is 0 Å². The van der Waals surface area contributed by atoms with Gasteiger partial charge >= 0.3 is 0 Å². The Morgan fingerprint density at radius 3 is 2.28 bits per heavy atom. The molecule has 2 aromatic carbocycles. The molecule has 1 nitrogen and oxygen atoms in total. The SMILES string of the molecule is Cc1cccc(CC2(O)Cc3ccccc3C2)c1. The van der Waals surface area contributed by atoms with Gasteiger partial charge < -0.3 is 5.11 Å². The van der Waals surface area contributed by atoms with Gasteiger partial charge in [-0.1, -0.05) is 54.1 Å². The van der Waals surface area contributed by atoms with E-state index in [2.05, 4.69) is 55.5 Å². The van der Waals surface area contributed by atoms with Gasteiger partial charge in [0.25, 0.3) is 0 Å². The molecule has 0 fully saturated rings. The van der Waals surface area contributed by atoms with Crippen molar-refractivity contribution in [3.63, 3.8) is 0 Å². The van der Waals surface area contributed by atoms with Crippen molar-refractivity contribution in [3.05, 3.63) is 70.8 Å². The first-order valence-corrected chi connectivity index (χ1v) is 6.49. The highest BCUT2D eigenvalue weighted by Gasteiger charge is 2.34. The molecule has 1 aliphatic rings. The normalized spacial score (nSPS) is 16.6. The Kier molecular flexibility index (Phi) is 2.71. The molecule has 0 aromatic heterocycles. The van der Waals surface area contributed by atoms with E-state index in [1.807, 2.05) is 0 Å². The maximum atomic E-state index is 10.8. The van der Waals surface area contributed by atoms with E-state index >= 15 is 0 Å². The van der Waals surface area contributed by atoms with E-state index in [0.717, 1.165) is 19.3 Å². The average Bonchev–Trinajstić information content (AvgIpc) is 2.64. The van der Waals surface area contributed by atoms with Gasteiger partial charge in [-0.15, -0.1) is 0 Å². The standard InChI is InChI=1S/C17H18O/c1-13-5-4-6-14(9-13)10-17(18)11-15-7-2-3-8-16(15)12-17/h2-9,18H,10-12H2,1H3. The van der Waals surface area contributed by atoms with Gasteiger partial charge in [0.05, 0.1) is 5.60 Å². The van der Waals surface area contributed by atoms with Gasteiger partial charge in [0.15, 0.2) is 0 Å². The number of fused-ring (bicyclic) bond motifs is 1. The Hall–Kier alpha value is -1.60. The first-order valence-electron chi connectivity index (χ1n) is 6.49. The summed E-state index contributed by atoms with van der Waals surface area (Å²) in [6.45, 7) is 2.09. The molecule has 0 saturated carbocycles. The molecule has 0 aliphatic heterocycles. The summed E-state index contributed by atoms with van der Waals surface area (Å²) in [5.41, 5.74) is 4.48. The highest BCUT2D eigenvalue weighted by atomic mass is 16.3. The Labute approximate surface area is 108 Å². The molecule has 18 heavy (non-hydrogen) atoms. The predicted octanol–water partition coefficient (Wildman–Crippen LogP) is 3.07. The lowest BCUT2D eigenvalue weighted by Gasteiger charge is -2.22. The lowest BCUT2D eigenvalue weighted by Crippen LogP contribution is -2.32. The van der Waals surface area contributed by atoms with Gasteiger partial charge in [0, 0.05) is 19.3 Å². The second kappa shape index (κ2) is 4.25. The molecular formula is C17H18O. The van der Waals surface area contributed by atoms with Gasteiger partial charge in [0.1, 0.15) is 0 Å². The van der Waals surface area contributed by atoms with Crippen LogP contribution in [0.1, 0.15) is 22.3 Å². The molecule has 1 aliphatic carbocycles. The molecule has 2 aromatic rings. The molecule has 0 amide bonds. The van der Waals surface area contributed by atoms with Gasteiger partial charge in [-0.25, -0.2) is 0 Å². The first-order chi connectivity index (χ1) is 8.65. The molecule has 3 rings (SSSR count). The highest BCUT2D eigenvalue weighted by Crippen LogP contribution is 2.32. The van der Waals surface area contributed by atoms with Crippen LogP contribution in [0, 0.1) is 6.92 Å². The number of hydrogen-bond acceptors (Lipinski definition) is 1. The van der Waals surface area contributed by atoms with Crippen LogP contribution >= 0.6 is 0 Å². The predicted molar refractivity (Wildman–Crippen MR) is 73.7 cm³/mol. The third kappa shape index (κ3) is 2.19. The monoisotopic (exact) mass is 238 g/mol. The summed E-state index contributed by atoms with van der Waals surface area (Å²) < 4.78 is 0. The topological polar surface area (TPSA) is 20.2 Å². The van der Waals surface area contributed by atoms with E-state index in [-0.39, 0.29) is 0 Å². The number of aryl methyl sites for hydroxylation is 1. The second-order valence-electron chi connectivity index (χ2n) is 5.51. The van der Waals surface area contributed by atoms with Crippen molar-refractivity contribution in [2.75, 3.05) is 0 Å². The van der Waals surface area contributed by atoms with Crippen molar-refractivity contribution in [1.82, 2.24) is 0 Å². The van der Waals surface area contributed by atoms with E-state index in [1.54, 1.807) is 0 Å². The molecule has 1 heteroatoms. The number of aliphatic hydroxyl groups is 1. The van der Waals surface area contributed by atoms with E-state index in [1.165, 1.54) is 22.3 Å². The molecule has 0 heterocycles. The number of hydrogen-bond donors (Lipinski definition) is 1. The Morgan fingerprint density at radius 1 is 1.00 bits per heavy atom. The molecule has 0 unspecified atom stereocenters. The zero-order chi connectivity index (χ0) is 12.6. The molecule has 0 radical (unpaired) electrons. The van der Waals surface area contributed by atoms with Gasteiger partial charge in [-0.3, -0.25) is 0 Å². The molecular weight excluding hydrogens is 220 g/mol. The Morgan fingerprint density at radius 2 is 1.67 bits per heavy atom. The van der Waals surface area contributed by atoms with E-state index in [0.29, 0.717) is 0 Å². The van der Waals surface area contributed by atoms with Crippen LogP contribution in [-0.4, -0.2) is 10.7 Å². The summed E-state index contributed by atoms with van der Waals surface area (Å²) in [6, 6.07) is 16.8. The fourth-order valence-electron chi connectivity index (χ4n) is 3.00. The van der Waals surface area contributed by atoms with Crippen LogP contribution in [0.15, 0.2) is 48.5 Å². The van der Waals surface area contributed by atoms with Crippen LogP contribution in [0.25, 0.3) is 0 Å². The summed E-state index contributed by atoms with van der Waals surface area (Å²) >= 11 is 0. The lowest BCUT2D eigenvalue weighted by atomic mass is 9.91. The maximum Gasteiger partial charge on any atom is 0.0768 e. The molecule has 1 N–H and O–H groups in total. The largest absolute Gasteiger partial charge is 0.389 e. The van der Waals surface area contributed by atoms with Crippen molar-refractivity contribution < 1.29 is 5.11 Å². The van der Waals surface area contributed by atoms with Crippen LogP contribution in [0.3, 0.4) is 0 Å². The van der Waals surface area contributed by atoms with E-state index in [9.17, 15) is 5.11 Å². The molecule has 0 bridgehead atoms. The Balaban J connectivity index is 1.83. The third-order valence-corrected chi connectivity index (χ3v) is 3.77. The zero-order valence-corrected chi connectivity index (χ0v) is 10.7. The summed E-state index contributed by atoms with van der Waals surface area (Å²) in [7, 11) is 0. The van der Waals surface area contributed by atoms with Crippen LogP contribution in [0.2, 0.25) is 0 Å². The molecule has 0 saturated heterocycles. The fraction of sp³-hybridized carbons (Fsp3) is 0.294. The highest BCUT2D eigenvalue weighted by molar-refractivity contribution is 5.36. The first kappa shape index (κ1) is 11.5. The lowest BCUT2D eigenvalue weighted by molar-refractivity contribution is 0.0518. The Bertz CT molecular complexity index is 546. The summed E-state index contributed by atoms with van der Waals surface area (Å²) in [4.78, 5) is 0. The quantitative estimate of drug-likeness (QED) is 0.852. The van der Waals surface area contributed by atoms with Crippen LogP contribution in [0.5, 0.6) is 0 Å². The van der Waals surface area contributed by atoms with E-state index in [4.69, 9.17) is 0 Å². The summed E-state index contributed by atoms with van der Waals surface area (Å²) in [5.74, 6) is 0. The molecule has 0 spiro atoms.